The minimum Gasteiger partial charge on any atom is -0.406 e. The third-order valence-corrected chi connectivity index (χ3v) is 4.60. The van der Waals surface area contributed by atoms with Crippen LogP contribution >= 0.6 is 11.6 Å². The van der Waals surface area contributed by atoms with Crippen LogP contribution in [0.1, 0.15) is 31.2 Å². The summed E-state index contributed by atoms with van der Waals surface area (Å²) in [5.74, 6) is -0.433. The molecule has 0 spiro atoms. The van der Waals surface area contributed by atoms with Crippen LogP contribution in [0.5, 0.6) is 5.75 Å². The lowest BCUT2D eigenvalue weighted by Gasteiger charge is -2.39. The Kier molecular flexibility index (Phi) is 5.02. The minimum atomic E-state index is -4.78. The van der Waals surface area contributed by atoms with E-state index in [2.05, 4.69) is 4.74 Å². The van der Waals surface area contributed by atoms with E-state index in [4.69, 9.17) is 17.3 Å². The van der Waals surface area contributed by atoms with Gasteiger partial charge >= 0.3 is 6.36 Å². The zero-order chi connectivity index (χ0) is 16.4. The van der Waals surface area contributed by atoms with E-state index in [1.54, 1.807) is 6.07 Å². The van der Waals surface area contributed by atoms with Gasteiger partial charge in [0.2, 0.25) is 0 Å². The first-order chi connectivity index (χ1) is 10.3. The molecule has 7 heteroatoms. The number of carbonyl (C=O) groups excluding carboxylic acids is 1. The highest BCUT2D eigenvalue weighted by Gasteiger charge is 2.46. The van der Waals surface area contributed by atoms with Crippen molar-refractivity contribution in [2.75, 3.05) is 6.54 Å². The van der Waals surface area contributed by atoms with Crippen LogP contribution in [0.25, 0.3) is 0 Å². The number of hydrogen-bond donors (Lipinski definition) is 1. The second-order valence-corrected chi connectivity index (χ2v) is 5.91. The molecule has 2 atom stereocenters. The van der Waals surface area contributed by atoms with Gasteiger partial charge in [-0.15, -0.1) is 24.8 Å². The van der Waals surface area contributed by atoms with Gasteiger partial charge in [-0.2, -0.15) is 0 Å². The topological polar surface area (TPSA) is 52.3 Å². The molecule has 3 nitrogen and oxygen atoms in total. The summed E-state index contributed by atoms with van der Waals surface area (Å²) in [5, 5.41) is -0.665. The predicted molar refractivity (Wildman–Crippen MR) is 77.0 cm³/mol. The van der Waals surface area contributed by atoms with E-state index in [1.807, 2.05) is 0 Å². The number of Topliss-reactive ketones (excluding diaryl/α,β-unsaturated/α-hetero) is 1. The fraction of sp³-hybridized carbons (Fsp3) is 0.533. The lowest BCUT2D eigenvalue weighted by atomic mass is 9.66. The molecule has 2 unspecified atom stereocenters. The third kappa shape index (κ3) is 3.38. The van der Waals surface area contributed by atoms with Crippen molar-refractivity contribution in [2.24, 2.45) is 5.73 Å². The number of carbonyl (C=O) groups is 1. The molecule has 1 aromatic rings. The molecule has 0 heterocycles. The zero-order valence-electron chi connectivity index (χ0n) is 11.8. The van der Waals surface area contributed by atoms with Gasteiger partial charge in [-0.25, -0.2) is 0 Å². The fourth-order valence-electron chi connectivity index (χ4n) is 3.04. The monoisotopic (exact) mass is 335 g/mol. The summed E-state index contributed by atoms with van der Waals surface area (Å²) in [4.78, 5) is 12.5. The van der Waals surface area contributed by atoms with E-state index in [1.165, 1.54) is 18.2 Å². The first-order valence-electron chi connectivity index (χ1n) is 7.03. The smallest absolute Gasteiger partial charge is 0.406 e. The lowest BCUT2D eigenvalue weighted by Crippen LogP contribution is -2.49. The van der Waals surface area contributed by atoms with Crippen LogP contribution in [-0.2, 0) is 10.2 Å². The van der Waals surface area contributed by atoms with E-state index in [9.17, 15) is 18.0 Å². The van der Waals surface area contributed by atoms with E-state index in [0.717, 1.165) is 12.8 Å². The maximum Gasteiger partial charge on any atom is 0.573 e. The Morgan fingerprint density at radius 2 is 2.09 bits per heavy atom. The second kappa shape index (κ2) is 6.46. The van der Waals surface area contributed by atoms with Crippen molar-refractivity contribution in [2.45, 2.75) is 42.8 Å². The number of alkyl halides is 4. The SMILES string of the molecule is NCC(Cl)C1(c2cccc(OC(F)(F)F)c2)CCCCC1=O. The summed E-state index contributed by atoms with van der Waals surface area (Å²) in [7, 11) is 0. The molecule has 0 bridgehead atoms. The molecule has 1 fully saturated rings. The van der Waals surface area contributed by atoms with Crippen molar-refractivity contribution in [3.8, 4) is 5.75 Å². The molecular formula is C15H17ClF3NO2. The molecule has 1 saturated carbocycles. The molecule has 2 rings (SSSR count). The maximum atomic E-state index is 12.5. The molecule has 0 aromatic heterocycles. The summed E-state index contributed by atoms with van der Waals surface area (Å²) < 4.78 is 41.1. The summed E-state index contributed by atoms with van der Waals surface area (Å²) >= 11 is 6.31. The van der Waals surface area contributed by atoms with Crippen LogP contribution < -0.4 is 10.5 Å². The molecule has 0 aliphatic heterocycles. The maximum absolute atomic E-state index is 12.5. The molecule has 0 radical (unpaired) electrons. The third-order valence-electron chi connectivity index (χ3n) is 4.05. The number of ketones is 1. The zero-order valence-corrected chi connectivity index (χ0v) is 12.6. The highest BCUT2D eigenvalue weighted by molar-refractivity contribution is 6.24. The summed E-state index contributed by atoms with van der Waals surface area (Å²) in [6.07, 6.45) is -2.41. The normalized spacial score (nSPS) is 24.1. The van der Waals surface area contributed by atoms with Gasteiger partial charge in [0.15, 0.2) is 0 Å². The van der Waals surface area contributed by atoms with Gasteiger partial charge in [0.1, 0.15) is 11.5 Å². The number of ether oxygens (including phenoxy) is 1. The van der Waals surface area contributed by atoms with Gasteiger partial charge in [-0.05, 0) is 30.5 Å². The Labute approximate surface area is 131 Å². The summed E-state index contributed by atoms with van der Waals surface area (Å²) in [6, 6.07) is 5.48. The van der Waals surface area contributed by atoms with Gasteiger partial charge in [-0.1, -0.05) is 18.6 Å². The molecule has 1 aliphatic rings. The number of rotatable bonds is 4. The Hall–Kier alpha value is -1.27. The molecule has 1 aromatic carbocycles. The minimum absolute atomic E-state index is 0.0671. The summed E-state index contributed by atoms with van der Waals surface area (Å²) in [6.45, 7) is 0.0671. The first kappa shape index (κ1) is 17.1. The highest BCUT2D eigenvalue weighted by atomic mass is 35.5. The van der Waals surface area contributed by atoms with E-state index in [-0.39, 0.29) is 18.1 Å². The second-order valence-electron chi connectivity index (χ2n) is 5.38. The van der Waals surface area contributed by atoms with E-state index < -0.39 is 17.2 Å². The Balaban J connectivity index is 2.44. The molecule has 122 valence electrons. The fourth-order valence-corrected chi connectivity index (χ4v) is 3.40. The number of nitrogens with two attached hydrogens (primary N) is 1. The van der Waals surface area contributed by atoms with Crippen molar-refractivity contribution in [1.29, 1.82) is 0 Å². The molecule has 2 N–H and O–H groups in total. The van der Waals surface area contributed by atoms with Crippen molar-refractivity contribution in [3.63, 3.8) is 0 Å². The number of hydrogen-bond acceptors (Lipinski definition) is 3. The van der Waals surface area contributed by atoms with Crippen LogP contribution in [0.4, 0.5) is 13.2 Å². The lowest BCUT2D eigenvalue weighted by molar-refractivity contribution is -0.274. The van der Waals surface area contributed by atoms with Gasteiger partial charge in [0.05, 0.1) is 10.8 Å². The highest BCUT2D eigenvalue weighted by Crippen LogP contribution is 2.43. The number of benzene rings is 1. The van der Waals surface area contributed by atoms with Crippen LogP contribution in [0.3, 0.4) is 0 Å². The molecular weight excluding hydrogens is 319 g/mol. The predicted octanol–water partition coefficient (Wildman–Crippen LogP) is 3.53. The van der Waals surface area contributed by atoms with Crippen LogP contribution in [0.2, 0.25) is 0 Å². The molecule has 0 saturated heterocycles. The van der Waals surface area contributed by atoms with E-state index in [0.29, 0.717) is 18.4 Å². The average Bonchev–Trinajstić information content (AvgIpc) is 2.45. The largest absolute Gasteiger partial charge is 0.573 e. The molecule has 0 amide bonds. The molecule has 1 aliphatic carbocycles. The van der Waals surface area contributed by atoms with E-state index >= 15 is 0 Å². The van der Waals surface area contributed by atoms with Crippen LogP contribution in [0.15, 0.2) is 24.3 Å². The van der Waals surface area contributed by atoms with Crippen LogP contribution in [-0.4, -0.2) is 24.1 Å². The van der Waals surface area contributed by atoms with Gasteiger partial charge in [0.25, 0.3) is 0 Å². The van der Waals surface area contributed by atoms with Gasteiger partial charge in [0, 0.05) is 13.0 Å². The first-order valence-corrected chi connectivity index (χ1v) is 7.47. The van der Waals surface area contributed by atoms with Crippen molar-refractivity contribution in [1.82, 2.24) is 0 Å². The van der Waals surface area contributed by atoms with Crippen molar-refractivity contribution in [3.05, 3.63) is 29.8 Å². The van der Waals surface area contributed by atoms with Crippen molar-refractivity contribution < 1.29 is 22.7 Å². The van der Waals surface area contributed by atoms with Gasteiger partial charge in [-0.3, -0.25) is 4.79 Å². The van der Waals surface area contributed by atoms with Crippen LogP contribution in [0, 0.1) is 0 Å². The Morgan fingerprint density at radius 3 is 2.68 bits per heavy atom. The van der Waals surface area contributed by atoms with Crippen molar-refractivity contribution >= 4 is 17.4 Å². The average molecular weight is 336 g/mol. The Bertz CT molecular complexity index is 550. The van der Waals surface area contributed by atoms with Gasteiger partial charge < -0.3 is 10.5 Å². The standard InChI is InChI=1S/C15H17ClF3NO2/c16-12(9-20)14(7-2-1-6-13(14)21)10-4-3-5-11(8-10)22-15(17,18)19/h3-5,8,12H,1-2,6-7,9,20H2. The molecule has 22 heavy (non-hydrogen) atoms. The summed E-state index contributed by atoms with van der Waals surface area (Å²) in [5.41, 5.74) is 5.02. The number of halogens is 4. The Morgan fingerprint density at radius 1 is 1.36 bits per heavy atom. The quantitative estimate of drug-likeness (QED) is 0.856.